The van der Waals surface area contributed by atoms with Gasteiger partial charge < -0.3 is 5.11 Å². The lowest BCUT2D eigenvalue weighted by Crippen LogP contribution is -2.57. The zero-order valence-electron chi connectivity index (χ0n) is 23.8. The number of aliphatic hydroxyl groups excluding tert-OH is 1. The van der Waals surface area contributed by atoms with Gasteiger partial charge in [-0.05, 0) is 134 Å². The third kappa shape index (κ3) is 4.71. The molecule has 1 N–H and O–H groups in total. The second-order valence-electron chi connectivity index (χ2n) is 14.7. The summed E-state index contributed by atoms with van der Waals surface area (Å²) in [5.74, 6) is 5.89. The van der Waals surface area contributed by atoms with Crippen LogP contribution >= 0.6 is 0 Å². The predicted molar refractivity (Wildman–Crippen MR) is 148 cm³/mol. The molecule has 1 aromatic carbocycles. The van der Waals surface area contributed by atoms with Crippen molar-refractivity contribution in [1.29, 1.82) is 0 Å². The van der Waals surface area contributed by atoms with Crippen LogP contribution in [0.2, 0.25) is 0 Å². The van der Waals surface area contributed by atoms with E-state index in [4.69, 9.17) is 0 Å². The zero-order valence-corrected chi connectivity index (χ0v) is 23.8. The van der Waals surface area contributed by atoms with Crippen molar-refractivity contribution in [2.45, 2.75) is 118 Å². The molecule has 0 aromatic heterocycles. The van der Waals surface area contributed by atoms with Crippen molar-refractivity contribution in [3.63, 3.8) is 0 Å². The van der Waals surface area contributed by atoms with Crippen molar-refractivity contribution >= 4 is 0 Å². The monoisotopic (exact) mass is 496 g/mol. The average molecular weight is 497 g/mol. The molecule has 0 bridgehead atoms. The zero-order chi connectivity index (χ0) is 25.7. The van der Waals surface area contributed by atoms with E-state index in [1.54, 1.807) is 6.07 Å². The van der Waals surface area contributed by atoms with Gasteiger partial charge in [-0.3, -0.25) is 0 Å². The first-order chi connectivity index (χ1) is 17.1. The average Bonchev–Trinajstić information content (AvgIpc) is 3.18. The van der Waals surface area contributed by atoms with E-state index in [1.807, 2.05) is 6.07 Å². The number of hydrogen-bond acceptors (Lipinski definition) is 1. The van der Waals surface area contributed by atoms with Crippen LogP contribution in [0.5, 0.6) is 0 Å². The molecule has 10 atom stereocenters. The number of aliphatic hydroxyl groups is 1. The van der Waals surface area contributed by atoms with E-state index in [0.29, 0.717) is 16.7 Å². The Morgan fingerprint density at radius 1 is 0.889 bits per heavy atom. The second kappa shape index (κ2) is 10.3. The van der Waals surface area contributed by atoms with Crippen molar-refractivity contribution < 1.29 is 9.50 Å². The summed E-state index contributed by atoms with van der Waals surface area (Å²) in [6.45, 7) is 12.6. The topological polar surface area (TPSA) is 20.2 Å². The van der Waals surface area contributed by atoms with Gasteiger partial charge in [0.05, 0.1) is 6.10 Å². The summed E-state index contributed by atoms with van der Waals surface area (Å²) >= 11 is 0. The Balaban J connectivity index is 1.31. The molecular formula is C34H53FO. The first kappa shape index (κ1) is 26.7. The van der Waals surface area contributed by atoms with Crippen molar-refractivity contribution in [3.05, 3.63) is 35.6 Å². The van der Waals surface area contributed by atoms with Crippen LogP contribution in [0, 0.1) is 64.0 Å². The van der Waals surface area contributed by atoms with Crippen LogP contribution in [0.15, 0.2) is 24.3 Å². The van der Waals surface area contributed by atoms with E-state index < -0.39 is 0 Å². The highest BCUT2D eigenvalue weighted by molar-refractivity contribution is 5.19. The maximum absolute atomic E-state index is 13.9. The van der Waals surface area contributed by atoms with Gasteiger partial charge in [0.2, 0.25) is 0 Å². The number of hydrogen-bond donors (Lipinski definition) is 1. The van der Waals surface area contributed by atoms with Crippen molar-refractivity contribution in [1.82, 2.24) is 0 Å². The Bertz CT molecular complexity index is 895. The normalized spacial score (nSPS) is 43.1. The quantitative estimate of drug-likeness (QED) is 0.399. The molecule has 1 nitrogen and oxygen atoms in total. The standard InChI is InChI=1S/C34H53FO/c1-22(2)8-6-9-23(3)28-14-15-29-26-12-13-30-27(21-24-10-7-11-25(35)20-24)32(36)17-19-34(30,5)31(26)16-18-33(28,29)4/h7,10-11,20,22-23,26-32,36H,6,8-9,12-19,21H2,1-5H3/t23-,26?,27+,28-,29?,30?,31?,32-,33-,34+/m1/s1. The van der Waals surface area contributed by atoms with Crippen molar-refractivity contribution in [3.8, 4) is 0 Å². The number of halogens is 1. The SMILES string of the molecule is CC(C)CCC[C@@H](C)[C@H]1CCC2C3CCC4[C@H](Cc5cccc(F)c5)[C@H](O)CC[C@]4(C)C3CC[C@@]21C. The molecule has 4 saturated carbocycles. The van der Waals surface area contributed by atoms with Gasteiger partial charge in [0.15, 0.2) is 0 Å². The van der Waals surface area contributed by atoms with Crippen molar-refractivity contribution in [2.75, 3.05) is 0 Å². The van der Waals surface area contributed by atoms with Gasteiger partial charge >= 0.3 is 0 Å². The van der Waals surface area contributed by atoms with Crippen LogP contribution in [-0.4, -0.2) is 11.2 Å². The summed E-state index contributed by atoms with van der Waals surface area (Å²) in [5, 5.41) is 11.1. The highest BCUT2D eigenvalue weighted by atomic mass is 19.1. The molecule has 0 spiro atoms. The van der Waals surface area contributed by atoms with E-state index in [2.05, 4.69) is 40.7 Å². The lowest BCUT2D eigenvalue weighted by molar-refractivity contribution is -0.152. The lowest BCUT2D eigenvalue weighted by atomic mass is 9.42. The maximum atomic E-state index is 13.9. The molecule has 4 aliphatic rings. The summed E-state index contributed by atoms with van der Waals surface area (Å²) in [5.41, 5.74) is 1.94. The summed E-state index contributed by atoms with van der Waals surface area (Å²) in [4.78, 5) is 0. The first-order valence-electron chi connectivity index (χ1n) is 15.6. The smallest absolute Gasteiger partial charge is 0.123 e. The summed E-state index contributed by atoms with van der Waals surface area (Å²) in [6, 6.07) is 7.12. The highest BCUT2D eigenvalue weighted by Gasteiger charge is 2.61. The Labute approximate surface area is 221 Å². The fraction of sp³-hybridized carbons (Fsp3) is 0.824. The van der Waals surface area contributed by atoms with Gasteiger partial charge in [-0.1, -0.05) is 66.0 Å². The van der Waals surface area contributed by atoms with Crippen LogP contribution in [-0.2, 0) is 6.42 Å². The van der Waals surface area contributed by atoms with Crippen molar-refractivity contribution in [2.24, 2.45) is 58.2 Å². The largest absolute Gasteiger partial charge is 0.393 e. The second-order valence-corrected chi connectivity index (χ2v) is 14.7. The van der Waals surface area contributed by atoms with Gasteiger partial charge in [-0.2, -0.15) is 0 Å². The first-order valence-corrected chi connectivity index (χ1v) is 15.6. The third-order valence-electron chi connectivity index (χ3n) is 12.5. The van der Waals surface area contributed by atoms with Gasteiger partial charge in [-0.25, -0.2) is 4.39 Å². The van der Waals surface area contributed by atoms with Gasteiger partial charge in [0.1, 0.15) is 5.82 Å². The Hall–Kier alpha value is -0.890. The molecule has 2 heteroatoms. The minimum absolute atomic E-state index is 0.148. The molecular weight excluding hydrogens is 443 g/mol. The molecule has 0 radical (unpaired) electrons. The minimum atomic E-state index is -0.237. The Morgan fingerprint density at radius 2 is 1.61 bits per heavy atom. The van der Waals surface area contributed by atoms with Gasteiger partial charge in [0, 0.05) is 0 Å². The van der Waals surface area contributed by atoms with E-state index in [1.165, 1.54) is 70.3 Å². The molecule has 4 unspecified atom stereocenters. The summed E-state index contributed by atoms with van der Waals surface area (Å²) in [6.07, 6.45) is 15.2. The Kier molecular flexibility index (Phi) is 7.68. The van der Waals surface area contributed by atoms with Crippen LogP contribution in [0.3, 0.4) is 0 Å². The third-order valence-corrected chi connectivity index (χ3v) is 12.5. The minimum Gasteiger partial charge on any atom is -0.393 e. The molecule has 0 amide bonds. The molecule has 1 aromatic rings. The molecule has 4 fully saturated rings. The molecule has 0 aliphatic heterocycles. The fourth-order valence-corrected chi connectivity index (χ4v) is 10.7. The van der Waals surface area contributed by atoms with Crippen LogP contribution < -0.4 is 0 Å². The number of fused-ring (bicyclic) bond motifs is 5. The molecule has 202 valence electrons. The fourth-order valence-electron chi connectivity index (χ4n) is 10.7. The summed E-state index contributed by atoms with van der Waals surface area (Å²) < 4.78 is 13.9. The molecule has 36 heavy (non-hydrogen) atoms. The van der Waals surface area contributed by atoms with E-state index >= 15 is 0 Å². The molecule has 5 rings (SSSR count). The molecule has 0 saturated heterocycles. The maximum Gasteiger partial charge on any atom is 0.123 e. The molecule has 4 aliphatic carbocycles. The number of rotatable bonds is 7. The predicted octanol–water partition coefficient (Wildman–Crippen LogP) is 9.08. The van der Waals surface area contributed by atoms with Gasteiger partial charge in [-0.15, -0.1) is 0 Å². The van der Waals surface area contributed by atoms with Crippen LogP contribution in [0.25, 0.3) is 0 Å². The molecule has 0 heterocycles. The van der Waals surface area contributed by atoms with Crippen LogP contribution in [0.1, 0.15) is 111 Å². The van der Waals surface area contributed by atoms with Gasteiger partial charge in [0.25, 0.3) is 0 Å². The Morgan fingerprint density at radius 3 is 2.36 bits per heavy atom. The van der Waals surface area contributed by atoms with E-state index in [-0.39, 0.29) is 17.8 Å². The van der Waals surface area contributed by atoms with E-state index in [0.717, 1.165) is 53.9 Å². The lowest BCUT2D eigenvalue weighted by Gasteiger charge is -2.63. The van der Waals surface area contributed by atoms with E-state index in [9.17, 15) is 9.50 Å². The number of benzene rings is 1. The highest BCUT2D eigenvalue weighted by Crippen LogP contribution is 2.69. The van der Waals surface area contributed by atoms with Crippen LogP contribution in [0.4, 0.5) is 4.39 Å². The summed E-state index contributed by atoms with van der Waals surface area (Å²) in [7, 11) is 0.